The van der Waals surface area contributed by atoms with E-state index >= 15 is 0 Å². The van der Waals surface area contributed by atoms with E-state index in [0.717, 1.165) is 31.5 Å². The highest BCUT2D eigenvalue weighted by Gasteiger charge is 2.03. The third-order valence-corrected chi connectivity index (χ3v) is 2.10. The Morgan fingerprint density at radius 1 is 1.57 bits per heavy atom. The number of rotatable bonds is 6. The molecule has 0 aliphatic rings. The van der Waals surface area contributed by atoms with Gasteiger partial charge in [-0.1, -0.05) is 12.1 Å². The van der Waals surface area contributed by atoms with Crippen molar-refractivity contribution in [3.05, 3.63) is 11.9 Å². The average molecular weight is 195 g/mol. The molecule has 0 fully saturated rings. The Labute approximate surface area is 84.3 Å². The summed E-state index contributed by atoms with van der Waals surface area (Å²) in [6.07, 6.45) is 5.29. The molecule has 0 unspecified atom stereocenters. The van der Waals surface area contributed by atoms with Crippen molar-refractivity contribution in [2.45, 2.75) is 46.1 Å². The maximum Gasteiger partial charge on any atom is 0.129 e. The predicted molar refractivity (Wildman–Crippen MR) is 53.9 cm³/mol. The normalized spacial score (nSPS) is 10.4. The number of ketones is 1. The first kappa shape index (κ1) is 10.9. The molecule has 0 aromatic carbocycles. The van der Waals surface area contributed by atoms with Gasteiger partial charge in [0, 0.05) is 13.0 Å². The zero-order valence-electron chi connectivity index (χ0n) is 8.86. The van der Waals surface area contributed by atoms with Gasteiger partial charge in [0.1, 0.15) is 5.78 Å². The highest BCUT2D eigenvalue weighted by atomic mass is 16.1. The van der Waals surface area contributed by atoms with E-state index in [-0.39, 0.29) is 5.78 Å². The molecule has 14 heavy (non-hydrogen) atoms. The van der Waals surface area contributed by atoms with Crippen molar-refractivity contribution in [2.75, 3.05) is 0 Å². The summed E-state index contributed by atoms with van der Waals surface area (Å²) in [5.74, 6) is 0.250. The number of nitrogens with zero attached hydrogens (tertiary/aromatic N) is 3. The molecule has 0 bridgehead atoms. The van der Waals surface area contributed by atoms with Crippen LogP contribution in [0.5, 0.6) is 0 Å². The number of hydrogen-bond donors (Lipinski definition) is 0. The number of aryl methyl sites for hydroxylation is 2. The molecular formula is C10H17N3O. The molecule has 0 aliphatic heterocycles. The predicted octanol–water partition coefficient (Wildman–Crippen LogP) is 1.60. The van der Waals surface area contributed by atoms with Crippen LogP contribution in [0, 0.1) is 0 Å². The lowest BCUT2D eigenvalue weighted by molar-refractivity contribution is -0.117. The van der Waals surface area contributed by atoms with Crippen molar-refractivity contribution in [3.8, 4) is 0 Å². The van der Waals surface area contributed by atoms with Crippen molar-refractivity contribution in [1.82, 2.24) is 15.0 Å². The summed E-state index contributed by atoms with van der Waals surface area (Å²) >= 11 is 0. The first-order chi connectivity index (χ1) is 6.74. The van der Waals surface area contributed by atoms with Crippen LogP contribution in [0.4, 0.5) is 0 Å². The second-order valence-corrected chi connectivity index (χ2v) is 3.50. The van der Waals surface area contributed by atoms with Crippen molar-refractivity contribution < 1.29 is 4.79 Å². The van der Waals surface area contributed by atoms with Crippen LogP contribution in [-0.4, -0.2) is 20.8 Å². The molecule has 0 amide bonds. The van der Waals surface area contributed by atoms with Gasteiger partial charge in [-0.25, -0.2) is 4.68 Å². The summed E-state index contributed by atoms with van der Waals surface area (Å²) in [6, 6.07) is 0. The van der Waals surface area contributed by atoms with E-state index in [2.05, 4.69) is 17.2 Å². The third-order valence-electron chi connectivity index (χ3n) is 2.10. The summed E-state index contributed by atoms with van der Waals surface area (Å²) in [5.41, 5.74) is 1.13. The maximum atomic E-state index is 10.7. The number of hydrogen-bond acceptors (Lipinski definition) is 3. The first-order valence-corrected chi connectivity index (χ1v) is 5.11. The van der Waals surface area contributed by atoms with Gasteiger partial charge in [0.2, 0.25) is 0 Å². The maximum absolute atomic E-state index is 10.7. The molecule has 0 saturated heterocycles. The minimum atomic E-state index is 0.250. The van der Waals surface area contributed by atoms with E-state index in [1.807, 2.05) is 4.68 Å². The topological polar surface area (TPSA) is 47.8 Å². The van der Waals surface area contributed by atoms with E-state index in [0.29, 0.717) is 6.42 Å². The van der Waals surface area contributed by atoms with Crippen LogP contribution in [0.3, 0.4) is 0 Å². The fourth-order valence-corrected chi connectivity index (χ4v) is 1.39. The quantitative estimate of drug-likeness (QED) is 0.692. The molecule has 4 heteroatoms. The second-order valence-electron chi connectivity index (χ2n) is 3.50. The summed E-state index contributed by atoms with van der Waals surface area (Å²) in [5, 5.41) is 7.85. The summed E-state index contributed by atoms with van der Waals surface area (Å²) in [7, 11) is 0. The SMILES string of the molecule is CCCn1nncc1CCCC(C)=O. The molecule has 0 atom stereocenters. The number of Topliss-reactive ketones (excluding diaryl/α,β-unsaturated/α-hetero) is 1. The highest BCUT2D eigenvalue weighted by molar-refractivity contribution is 5.75. The molecule has 1 rings (SSSR count). The van der Waals surface area contributed by atoms with E-state index in [1.165, 1.54) is 0 Å². The first-order valence-electron chi connectivity index (χ1n) is 5.11. The smallest absolute Gasteiger partial charge is 0.129 e. The number of carbonyl (C=O) groups excluding carboxylic acids is 1. The molecule has 1 aromatic heterocycles. The Kier molecular flexibility index (Phi) is 4.29. The van der Waals surface area contributed by atoms with Crippen LogP contribution in [0.15, 0.2) is 6.20 Å². The number of aromatic nitrogens is 3. The third kappa shape index (κ3) is 3.28. The monoisotopic (exact) mass is 195 g/mol. The van der Waals surface area contributed by atoms with E-state index in [1.54, 1.807) is 13.1 Å². The largest absolute Gasteiger partial charge is 0.300 e. The Hall–Kier alpha value is -1.19. The van der Waals surface area contributed by atoms with Crippen LogP contribution in [0.25, 0.3) is 0 Å². The Bertz CT molecular complexity index is 293. The summed E-state index contributed by atoms with van der Waals surface area (Å²) in [6.45, 7) is 4.65. The van der Waals surface area contributed by atoms with Gasteiger partial charge in [-0.2, -0.15) is 0 Å². The lowest BCUT2D eigenvalue weighted by atomic mass is 10.1. The minimum Gasteiger partial charge on any atom is -0.300 e. The Balaban J connectivity index is 2.41. The highest BCUT2D eigenvalue weighted by Crippen LogP contribution is 2.04. The fraction of sp³-hybridized carbons (Fsp3) is 0.700. The van der Waals surface area contributed by atoms with Crippen LogP contribution < -0.4 is 0 Å². The van der Waals surface area contributed by atoms with Gasteiger partial charge in [0.15, 0.2) is 0 Å². The Morgan fingerprint density at radius 3 is 3.00 bits per heavy atom. The molecule has 0 radical (unpaired) electrons. The lowest BCUT2D eigenvalue weighted by Gasteiger charge is -2.03. The van der Waals surface area contributed by atoms with Gasteiger partial charge >= 0.3 is 0 Å². The van der Waals surface area contributed by atoms with E-state index < -0.39 is 0 Å². The van der Waals surface area contributed by atoms with Crippen LogP contribution >= 0.6 is 0 Å². The summed E-state index contributed by atoms with van der Waals surface area (Å²) in [4.78, 5) is 10.7. The lowest BCUT2D eigenvalue weighted by Crippen LogP contribution is -2.05. The van der Waals surface area contributed by atoms with Crippen molar-refractivity contribution in [2.24, 2.45) is 0 Å². The van der Waals surface area contributed by atoms with E-state index in [4.69, 9.17) is 0 Å². The molecule has 1 heterocycles. The zero-order chi connectivity index (χ0) is 10.4. The minimum absolute atomic E-state index is 0.250. The van der Waals surface area contributed by atoms with Gasteiger partial charge in [-0.3, -0.25) is 0 Å². The van der Waals surface area contributed by atoms with Gasteiger partial charge in [0.05, 0.1) is 11.9 Å². The Morgan fingerprint density at radius 2 is 2.36 bits per heavy atom. The summed E-state index contributed by atoms with van der Waals surface area (Å²) < 4.78 is 1.92. The van der Waals surface area contributed by atoms with Crippen molar-refractivity contribution in [1.29, 1.82) is 0 Å². The number of carbonyl (C=O) groups is 1. The molecule has 1 aromatic rings. The second kappa shape index (κ2) is 5.52. The molecule has 0 N–H and O–H groups in total. The zero-order valence-corrected chi connectivity index (χ0v) is 8.86. The van der Waals surface area contributed by atoms with Crippen molar-refractivity contribution >= 4 is 5.78 Å². The van der Waals surface area contributed by atoms with Gasteiger partial charge in [0.25, 0.3) is 0 Å². The van der Waals surface area contributed by atoms with Crippen molar-refractivity contribution in [3.63, 3.8) is 0 Å². The molecule has 0 saturated carbocycles. The van der Waals surface area contributed by atoms with Gasteiger partial charge in [-0.15, -0.1) is 5.10 Å². The standard InChI is InChI=1S/C10H17N3O/c1-3-7-13-10(8-11-12-13)6-4-5-9(2)14/h8H,3-7H2,1-2H3. The van der Waals surface area contributed by atoms with Gasteiger partial charge < -0.3 is 4.79 Å². The van der Waals surface area contributed by atoms with Gasteiger partial charge in [-0.05, 0) is 26.2 Å². The average Bonchev–Trinajstić information content (AvgIpc) is 2.53. The fourth-order valence-electron chi connectivity index (χ4n) is 1.39. The van der Waals surface area contributed by atoms with Crippen LogP contribution in [-0.2, 0) is 17.8 Å². The van der Waals surface area contributed by atoms with Crippen LogP contribution in [0.2, 0.25) is 0 Å². The van der Waals surface area contributed by atoms with E-state index in [9.17, 15) is 4.79 Å². The molecule has 0 aliphatic carbocycles. The molecule has 4 nitrogen and oxygen atoms in total. The van der Waals surface area contributed by atoms with Crippen LogP contribution in [0.1, 0.15) is 38.8 Å². The molecule has 78 valence electrons. The molecule has 0 spiro atoms. The molecular weight excluding hydrogens is 178 g/mol.